The number of carbonyl (C=O) groups is 1. The summed E-state index contributed by atoms with van der Waals surface area (Å²) in [5, 5.41) is 3.17. The van der Waals surface area contributed by atoms with E-state index in [1.165, 1.54) is 0 Å². The Labute approximate surface area is 158 Å². The zero-order chi connectivity index (χ0) is 19.2. The number of anilines is 1. The molecule has 0 radical (unpaired) electrons. The largest absolute Gasteiger partial charge is 0.493 e. The normalized spacial score (nSPS) is 14.0. The molecule has 1 fully saturated rings. The number of rotatable bonds is 6. The number of carbonyl (C=O) groups excluding carboxylic acids is 1. The van der Waals surface area contributed by atoms with Gasteiger partial charge in [0.05, 0.1) is 27.4 Å². The first-order valence-electron chi connectivity index (χ1n) is 8.78. The first-order valence-corrected chi connectivity index (χ1v) is 8.78. The predicted molar refractivity (Wildman–Crippen MR) is 100 cm³/mol. The lowest BCUT2D eigenvalue weighted by atomic mass is 10.2. The van der Waals surface area contributed by atoms with Crippen LogP contribution in [-0.4, -0.2) is 61.3 Å². The van der Waals surface area contributed by atoms with Crippen LogP contribution >= 0.6 is 0 Å². The second-order valence-corrected chi connectivity index (χ2v) is 6.17. The van der Waals surface area contributed by atoms with E-state index in [2.05, 4.69) is 15.3 Å². The van der Waals surface area contributed by atoms with Crippen molar-refractivity contribution in [3.05, 3.63) is 41.2 Å². The standard InChI is InChI=1S/C19H24N4O4/c1-13-10-15(18(24)23-6-8-27-9-7-23)22-19(21-13)20-12-14-4-5-16(25-2)17(11-14)26-3/h4-5,10-11H,6-9,12H2,1-3H3,(H,20,21,22). The quantitative estimate of drug-likeness (QED) is 0.829. The third-order valence-corrected chi connectivity index (χ3v) is 4.27. The van der Waals surface area contributed by atoms with E-state index >= 15 is 0 Å². The molecule has 0 bridgehead atoms. The van der Waals surface area contributed by atoms with Gasteiger partial charge in [0.15, 0.2) is 11.5 Å². The molecule has 0 spiro atoms. The second kappa shape index (κ2) is 8.68. The molecule has 1 aromatic heterocycles. The Balaban J connectivity index is 1.72. The van der Waals surface area contributed by atoms with Gasteiger partial charge in [0.2, 0.25) is 5.95 Å². The van der Waals surface area contributed by atoms with Gasteiger partial charge < -0.3 is 24.4 Å². The highest BCUT2D eigenvalue weighted by Gasteiger charge is 2.20. The fourth-order valence-electron chi connectivity index (χ4n) is 2.86. The lowest BCUT2D eigenvalue weighted by Crippen LogP contribution is -2.41. The van der Waals surface area contributed by atoms with Crippen molar-refractivity contribution in [2.75, 3.05) is 45.8 Å². The zero-order valence-electron chi connectivity index (χ0n) is 15.8. The van der Waals surface area contributed by atoms with E-state index in [1.54, 1.807) is 25.2 Å². The highest BCUT2D eigenvalue weighted by molar-refractivity contribution is 5.92. The topological polar surface area (TPSA) is 85.8 Å². The summed E-state index contributed by atoms with van der Waals surface area (Å²) in [6.45, 7) is 4.61. The van der Waals surface area contributed by atoms with Gasteiger partial charge in [-0.25, -0.2) is 9.97 Å². The van der Waals surface area contributed by atoms with E-state index < -0.39 is 0 Å². The van der Waals surface area contributed by atoms with Crippen molar-refractivity contribution in [3.8, 4) is 11.5 Å². The minimum Gasteiger partial charge on any atom is -0.493 e. The number of methoxy groups -OCH3 is 2. The van der Waals surface area contributed by atoms with Crippen molar-refractivity contribution in [3.63, 3.8) is 0 Å². The molecule has 0 saturated carbocycles. The van der Waals surface area contributed by atoms with E-state index in [4.69, 9.17) is 14.2 Å². The van der Waals surface area contributed by atoms with Crippen LogP contribution in [0.2, 0.25) is 0 Å². The highest BCUT2D eigenvalue weighted by Crippen LogP contribution is 2.27. The number of aryl methyl sites for hydroxylation is 1. The van der Waals surface area contributed by atoms with Gasteiger partial charge in [-0.2, -0.15) is 0 Å². The van der Waals surface area contributed by atoms with E-state index in [0.29, 0.717) is 56.0 Å². The van der Waals surface area contributed by atoms with E-state index in [1.807, 2.05) is 25.1 Å². The van der Waals surface area contributed by atoms with Gasteiger partial charge in [0.1, 0.15) is 5.69 Å². The molecule has 27 heavy (non-hydrogen) atoms. The molecule has 2 aromatic rings. The Bertz CT molecular complexity index is 806. The molecule has 1 saturated heterocycles. The fourth-order valence-corrected chi connectivity index (χ4v) is 2.86. The van der Waals surface area contributed by atoms with Gasteiger partial charge in [0.25, 0.3) is 5.91 Å². The highest BCUT2D eigenvalue weighted by atomic mass is 16.5. The van der Waals surface area contributed by atoms with Gasteiger partial charge in [-0.05, 0) is 30.7 Å². The first-order chi connectivity index (χ1) is 13.1. The van der Waals surface area contributed by atoms with Crippen LogP contribution in [0.1, 0.15) is 21.7 Å². The average molecular weight is 372 g/mol. The summed E-state index contributed by atoms with van der Waals surface area (Å²) in [4.78, 5) is 23.2. The molecule has 1 amide bonds. The SMILES string of the molecule is COc1ccc(CNc2nc(C)cc(C(=O)N3CCOCC3)n2)cc1OC. The Hall–Kier alpha value is -2.87. The summed E-state index contributed by atoms with van der Waals surface area (Å²) in [6, 6.07) is 7.38. The molecule has 0 atom stereocenters. The smallest absolute Gasteiger partial charge is 0.272 e. The van der Waals surface area contributed by atoms with Gasteiger partial charge in [0, 0.05) is 25.3 Å². The summed E-state index contributed by atoms with van der Waals surface area (Å²) < 4.78 is 15.9. The van der Waals surface area contributed by atoms with Crippen molar-refractivity contribution < 1.29 is 19.0 Å². The van der Waals surface area contributed by atoms with E-state index in [-0.39, 0.29) is 5.91 Å². The van der Waals surface area contributed by atoms with Crippen molar-refractivity contribution in [1.29, 1.82) is 0 Å². The van der Waals surface area contributed by atoms with Crippen LogP contribution in [0.5, 0.6) is 11.5 Å². The summed E-state index contributed by atoms with van der Waals surface area (Å²) in [5.41, 5.74) is 2.11. The number of ether oxygens (including phenoxy) is 3. The van der Waals surface area contributed by atoms with Crippen molar-refractivity contribution in [2.24, 2.45) is 0 Å². The predicted octanol–water partition coefficient (Wildman–Crippen LogP) is 1.89. The molecule has 8 nitrogen and oxygen atoms in total. The van der Waals surface area contributed by atoms with Gasteiger partial charge in [-0.15, -0.1) is 0 Å². The molecule has 2 heterocycles. The maximum absolute atomic E-state index is 12.7. The number of benzene rings is 1. The molecule has 3 rings (SSSR count). The van der Waals surface area contributed by atoms with E-state index in [9.17, 15) is 4.79 Å². The molecule has 1 aromatic carbocycles. The maximum atomic E-state index is 12.7. The minimum absolute atomic E-state index is 0.0991. The molecule has 1 N–H and O–H groups in total. The number of hydrogen-bond donors (Lipinski definition) is 1. The van der Waals surface area contributed by atoms with Crippen LogP contribution in [0.15, 0.2) is 24.3 Å². The Morgan fingerprint density at radius 3 is 2.59 bits per heavy atom. The van der Waals surface area contributed by atoms with Crippen molar-refractivity contribution in [1.82, 2.24) is 14.9 Å². The van der Waals surface area contributed by atoms with Crippen LogP contribution in [0, 0.1) is 6.92 Å². The van der Waals surface area contributed by atoms with Crippen LogP contribution < -0.4 is 14.8 Å². The number of nitrogens with one attached hydrogen (secondary N) is 1. The molecule has 1 aliphatic heterocycles. The third-order valence-electron chi connectivity index (χ3n) is 4.27. The second-order valence-electron chi connectivity index (χ2n) is 6.17. The number of nitrogens with zero attached hydrogens (tertiary/aromatic N) is 3. The molecule has 1 aliphatic rings. The monoisotopic (exact) mass is 372 g/mol. The molecule has 0 unspecified atom stereocenters. The zero-order valence-corrected chi connectivity index (χ0v) is 15.8. The lowest BCUT2D eigenvalue weighted by molar-refractivity contribution is 0.0299. The molecular weight excluding hydrogens is 348 g/mol. The Morgan fingerprint density at radius 2 is 1.89 bits per heavy atom. The van der Waals surface area contributed by atoms with Crippen LogP contribution in [-0.2, 0) is 11.3 Å². The Morgan fingerprint density at radius 1 is 1.15 bits per heavy atom. The van der Waals surface area contributed by atoms with Gasteiger partial charge in [-0.1, -0.05) is 6.07 Å². The number of hydrogen-bond acceptors (Lipinski definition) is 7. The summed E-state index contributed by atoms with van der Waals surface area (Å²) in [7, 11) is 3.20. The first kappa shape index (κ1) is 18.9. The molecule has 8 heteroatoms. The molecular formula is C19H24N4O4. The summed E-state index contributed by atoms with van der Waals surface area (Å²) in [5.74, 6) is 1.65. The maximum Gasteiger partial charge on any atom is 0.272 e. The van der Waals surface area contributed by atoms with Crippen LogP contribution in [0.4, 0.5) is 5.95 Å². The van der Waals surface area contributed by atoms with Crippen LogP contribution in [0.3, 0.4) is 0 Å². The number of aromatic nitrogens is 2. The lowest BCUT2D eigenvalue weighted by Gasteiger charge is -2.26. The van der Waals surface area contributed by atoms with Crippen LogP contribution in [0.25, 0.3) is 0 Å². The Kier molecular flexibility index (Phi) is 6.08. The van der Waals surface area contributed by atoms with Crippen molar-refractivity contribution in [2.45, 2.75) is 13.5 Å². The third kappa shape index (κ3) is 4.65. The van der Waals surface area contributed by atoms with Crippen molar-refractivity contribution >= 4 is 11.9 Å². The summed E-state index contributed by atoms with van der Waals surface area (Å²) >= 11 is 0. The average Bonchev–Trinajstić information content (AvgIpc) is 2.71. The summed E-state index contributed by atoms with van der Waals surface area (Å²) in [6.07, 6.45) is 0. The number of amides is 1. The molecule has 0 aliphatic carbocycles. The molecule has 144 valence electrons. The van der Waals surface area contributed by atoms with E-state index in [0.717, 1.165) is 11.3 Å². The fraction of sp³-hybridized carbons (Fsp3) is 0.421. The van der Waals surface area contributed by atoms with Gasteiger partial charge in [-0.3, -0.25) is 4.79 Å². The van der Waals surface area contributed by atoms with Gasteiger partial charge >= 0.3 is 0 Å². The number of morpholine rings is 1. The minimum atomic E-state index is -0.0991.